The first kappa shape index (κ1) is 13.4. The minimum Gasteiger partial charge on any atom is -0.493 e. The molecule has 0 heterocycles. The van der Waals surface area contributed by atoms with Crippen molar-refractivity contribution in [3.8, 4) is 5.75 Å². The molecule has 1 saturated carbocycles. The molecular formula is C15H23NO2. The van der Waals surface area contributed by atoms with E-state index in [9.17, 15) is 5.11 Å². The van der Waals surface area contributed by atoms with Gasteiger partial charge >= 0.3 is 0 Å². The van der Waals surface area contributed by atoms with Gasteiger partial charge in [-0.05, 0) is 42.9 Å². The maximum atomic E-state index is 9.54. The van der Waals surface area contributed by atoms with Crippen molar-refractivity contribution in [2.24, 2.45) is 11.7 Å². The average molecular weight is 249 g/mol. The lowest BCUT2D eigenvalue weighted by molar-refractivity contribution is 0.183. The Kier molecular flexibility index (Phi) is 5.02. The number of hydrogen-bond donors (Lipinski definition) is 2. The quantitative estimate of drug-likeness (QED) is 0.812. The van der Waals surface area contributed by atoms with Gasteiger partial charge < -0.3 is 15.6 Å². The maximum absolute atomic E-state index is 9.54. The molecule has 0 spiro atoms. The molecule has 0 aliphatic heterocycles. The summed E-state index contributed by atoms with van der Waals surface area (Å²) in [5, 5.41) is 9.54. The molecule has 1 atom stereocenters. The van der Waals surface area contributed by atoms with Crippen LogP contribution in [0.1, 0.15) is 31.2 Å². The van der Waals surface area contributed by atoms with Crippen LogP contribution in [0.3, 0.4) is 0 Å². The van der Waals surface area contributed by atoms with E-state index in [2.05, 4.69) is 0 Å². The van der Waals surface area contributed by atoms with Gasteiger partial charge in [-0.25, -0.2) is 0 Å². The molecule has 18 heavy (non-hydrogen) atoms. The predicted molar refractivity (Wildman–Crippen MR) is 72.7 cm³/mol. The van der Waals surface area contributed by atoms with Gasteiger partial charge in [0.25, 0.3) is 0 Å². The van der Waals surface area contributed by atoms with Crippen LogP contribution in [0.2, 0.25) is 0 Å². The second-order valence-electron chi connectivity index (χ2n) is 5.20. The van der Waals surface area contributed by atoms with Gasteiger partial charge in [0.2, 0.25) is 0 Å². The molecule has 1 unspecified atom stereocenters. The number of nitrogens with two attached hydrogens (primary N) is 1. The van der Waals surface area contributed by atoms with Gasteiger partial charge in [0.05, 0.1) is 12.7 Å². The predicted octanol–water partition coefficient (Wildman–Crippen LogP) is 2.12. The van der Waals surface area contributed by atoms with E-state index in [1.807, 2.05) is 24.3 Å². The Balaban J connectivity index is 1.86. The summed E-state index contributed by atoms with van der Waals surface area (Å²) in [4.78, 5) is 0. The summed E-state index contributed by atoms with van der Waals surface area (Å²) < 4.78 is 5.83. The third-order valence-electron chi connectivity index (χ3n) is 3.60. The Labute approximate surface area is 109 Å². The Morgan fingerprint density at radius 3 is 2.83 bits per heavy atom. The Hall–Kier alpha value is -1.06. The number of benzene rings is 1. The molecule has 0 aromatic heterocycles. The zero-order chi connectivity index (χ0) is 12.8. The zero-order valence-electron chi connectivity index (χ0n) is 10.8. The summed E-state index contributed by atoms with van der Waals surface area (Å²) in [6.45, 7) is 1.12. The van der Waals surface area contributed by atoms with Crippen molar-refractivity contribution in [2.45, 2.75) is 38.2 Å². The van der Waals surface area contributed by atoms with Crippen LogP contribution >= 0.6 is 0 Å². The van der Waals surface area contributed by atoms with Crippen molar-refractivity contribution in [3.63, 3.8) is 0 Å². The van der Waals surface area contributed by atoms with Crippen molar-refractivity contribution >= 4 is 0 Å². The summed E-state index contributed by atoms with van der Waals surface area (Å²) in [5.41, 5.74) is 6.50. The second-order valence-corrected chi connectivity index (χ2v) is 5.20. The van der Waals surface area contributed by atoms with Crippen LogP contribution in [-0.2, 0) is 6.42 Å². The topological polar surface area (TPSA) is 55.5 Å². The van der Waals surface area contributed by atoms with Gasteiger partial charge in [-0.15, -0.1) is 0 Å². The van der Waals surface area contributed by atoms with Gasteiger partial charge in [0.1, 0.15) is 5.75 Å². The van der Waals surface area contributed by atoms with Crippen molar-refractivity contribution < 1.29 is 9.84 Å². The largest absolute Gasteiger partial charge is 0.493 e. The Bertz CT molecular complexity index is 361. The summed E-state index contributed by atoms with van der Waals surface area (Å²) in [6, 6.07) is 7.96. The Morgan fingerprint density at radius 1 is 1.33 bits per heavy atom. The summed E-state index contributed by atoms with van der Waals surface area (Å²) in [5.74, 6) is 1.63. The van der Waals surface area contributed by atoms with E-state index in [-0.39, 0.29) is 0 Å². The van der Waals surface area contributed by atoms with E-state index >= 15 is 0 Å². The van der Waals surface area contributed by atoms with Crippen LogP contribution in [0.15, 0.2) is 24.3 Å². The first-order chi connectivity index (χ1) is 8.78. The molecular weight excluding hydrogens is 226 g/mol. The molecule has 1 aromatic carbocycles. The number of aliphatic hydroxyl groups excluding tert-OH is 1. The highest BCUT2D eigenvalue weighted by molar-refractivity contribution is 5.29. The molecule has 2 rings (SSSR count). The normalized spacial score (nSPS) is 17.9. The third kappa shape index (κ3) is 4.00. The lowest BCUT2D eigenvalue weighted by Gasteiger charge is -2.13. The van der Waals surface area contributed by atoms with E-state index in [1.54, 1.807) is 0 Å². The van der Waals surface area contributed by atoms with Gasteiger partial charge in [0, 0.05) is 6.54 Å². The van der Waals surface area contributed by atoms with Crippen molar-refractivity contribution in [3.05, 3.63) is 29.8 Å². The van der Waals surface area contributed by atoms with E-state index in [0.29, 0.717) is 13.0 Å². The molecule has 0 radical (unpaired) electrons. The van der Waals surface area contributed by atoms with Gasteiger partial charge in [0.15, 0.2) is 0 Å². The second kappa shape index (κ2) is 6.76. The SMILES string of the molecule is NCC(O)Cc1cccc(OCC2CCCC2)c1. The molecule has 0 bridgehead atoms. The minimum atomic E-state index is -0.463. The first-order valence-electron chi connectivity index (χ1n) is 6.88. The molecule has 1 aliphatic rings. The maximum Gasteiger partial charge on any atom is 0.119 e. The third-order valence-corrected chi connectivity index (χ3v) is 3.60. The molecule has 1 aromatic rings. The summed E-state index contributed by atoms with van der Waals surface area (Å²) >= 11 is 0. The van der Waals surface area contributed by atoms with Crippen LogP contribution in [0.5, 0.6) is 5.75 Å². The monoisotopic (exact) mass is 249 g/mol. The van der Waals surface area contributed by atoms with Crippen molar-refractivity contribution in [1.29, 1.82) is 0 Å². The number of ether oxygens (including phenoxy) is 1. The fourth-order valence-corrected chi connectivity index (χ4v) is 2.51. The van der Waals surface area contributed by atoms with Gasteiger partial charge in [-0.3, -0.25) is 0 Å². The van der Waals surface area contributed by atoms with E-state index < -0.39 is 6.10 Å². The number of hydrogen-bond acceptors (Lipinski definition) is 3. The van der Waals surface area contributed by atoms with E-state index in [4.69, 9.17) is 10.5 Å². The van der Waals surface area contributed by atoms with Gasteiger partial charge in [-0.1, -0.05) is 25.0 Å². The van der Waals surface area contributed by atoms with E-state index in [1.165, 1.54) is 25.7 Å². The minimum absolute atomic E-state index is 0.299. The number of rotatable bonds is 6. The molecule has 3 heteroatoms. The van der Waals surface area contributed by atoms with E-state index in [0.717, 1.165) is 23.8 Å². The molecule has 100 valence electrons. The number of aliphatic hydroxyl groups is 1. The highest BCUT2D eigenvalue weighted by atomic mass is 16.5. The molecule has 1 aliphatic carbocycles. The fourth-order valence-electron chi connectivity index (χ4n) is 2.51. The van der Waals surface area contributed by atoms with Crippen LogP contribution in [0.4, 0.5) is 0 Å². The highest BCUT2D eigenvalue weighted by Crippen LogP contribution is 2.25. The van der Waals surface area contributed by atoms with Crippen molar-refractivity contribution in [2.75, 3.05) is 13.2 Å². The van der Waals surface area contributed by atoms with Crippen LogP contribution in [0.25, 0.3) is 0 Å². The standard InChI is InChI=1S/C15H23NO2/c16-10-14(17)8-13-6-3-7-15(9-13)18-11-12-4-1-2-5-12/h3,6-7,9,12,14,17H,1-2,4-5,8,10-11,16H2. The Morgan fingerprint density at radius 2 is 2.11 bits per heavy atom. The molecule has 0 saturated heterocycles. The first-order valence-corrected chi connectivity index (χ1v) is 6.88. The van der Waals surface area contributed by atoms with Crippen LogP contribution < -0.4 is 10.5 Å². The molecule has 3 nitrogen and oxygen atoms in total. The summed E-state index contributed by atoms with van der Waals surface area (Å²) in [6.07, 6.45) is 5.41. The fraction of sp³-hybridized carbons (Fsp3) is 0.600. The lowest BCUT2D eigenvalue weighted by atomic mass is 10.1. The highest BCUT2D eigenvalue weighted by Gasteiger charge is 2.15. The lowest BCUT2D eigenvalue weighted by Crippen LogP contribution is -2.21. The van der Waals surface area contributed by atoms with Crippen molar-refractivity contribution in [1.82, 2.24) is 0 Å². The van der Waals surface area contributed by atoms with Crippen LogP contribution in [-0.4, -0.2) is 24.4 Å². The smallest absolute Gasteiger partial charge is 0.119 e. The average Bonchev–Trinajstić information content (AvgIpc) is 2.90. The van der Waals surface area contributed by atoms with Crippen LogP contribution in [0, 0.1) is 5.92 Å². The zero-order valence-corrected chi connectivity index (χ0v) is 10.8. The molecule has 0 amide bonds. The van der Waals surface area contributed by atoms with Gasteiger partial charge in [-0.2, -0.15) is 0 Å². The molecule has 1 fully saturated rings. The molecule has 3 N–H and O–H groups in total. The summed E-state index contributed by atoms with van der Waals surface area (Å²) in [7, 11) is 0.